The van der Waals surface area contributed by atoms with Crippen LogP contribution in [0.1, 0.15) is 32.6 Å². The number of fused-ring (bicyclic) bond motifs is 1. The van der Waals surface area contributed by atoms with Gasteiger partial charge in [0.25, 0.3) is 0 Å². The van der Waals surface area contributed by atoms with E-state index in [1.54, 1.807) is 0 Å². The molecule has 0 radical (unpaired) electrons. The molecule has 0 heterocycles. The van der Waals surface area contributed by atoms with Crippen LogP contribution < -0.4 is 0 Å². The summed E-state index contributed by atoms with van der Waals surface area (Å²) < 4.78 is 0. The van der Waals surface area contributed by atoms with Gasteiger partial charge in [-0.25, -0.2) is 0 Å². The molecule has 3 unspecified atom stereocenters. The summed E-state index contributed by atoms with van der Waals surface area (Å²) in [5.74, 6) is 1.55. The molecule has 0 bridgehead atoms. The lowest BCUT2D eigenvalue weighted by molar-refractivity contribution is 0.0877. The molecule has 2 aliphatic rings. The molecule has 3 atom stereocenters. The molecule has 0 aromatic carbocycles. The predicted octanol–water partition coefficient (Wildman–Crippen LogP) is 1.56. The molecular weight excluding hydrogens is 112 g/mol. The average Bonchev–Trinajstić information content (AvgIpc) is 2.41. The molecule has 0 aromatic heterocycles. The Hall–Kier alpha value is -0.0400. The third kappa shape index (κ3) is 0.787. The molecule has 1 nitrogen and oxygen atoms in total. The van der Waals surface area contributed by atoms with Crippen LogP contribution in [0.25, 0.3) is 0 Å². The minimum atomic E-state index is -0.174. The number of rotatable bonds is 0. The first kappa shape index (κ1) is 5.72. The van der Waals surface area contributed by atoms with Gasteiger partial charge in [0.15, 0.2) is 0 Å². The van der Waals surface area contributed by atoms with Gasteiger partial charge in [-0.3, -0.25) is 0 Å². The lowest BCUT2D eigenvalue weighted by Crippen LogP contribution is -2.19. The monoisotopic (exact) mass is 126 g/mol. The fourth-order valence-corrected chi connectivity index (χ4v) is 2.08. The van der Waals surface area contributed by atoms with Gasteiger partial charge in [-0.05, 0) is 37.5 Å². The fourth-order valence-electron chi connectivity index (χ4n) is 2.08. The van der Waals surface area contributed by atoms with Crippen LogP contribution in [0.5, 0.6) is 0 Å². The van der Waals surface area contributed by atoms with Crippen molar-refractivity contribution in [2.75, 3.05) is 0 Å². The highest BCUT2D eigenvalue weighted by Crippen LogP contribution is 2.54. The van der Waals surface area contributed by atoms with E-state index in [1.165, 1.54) is 12.8 Å². The van der Waals surface area contributed by atoms with Gasteiger partial charge < -0.3 is 5.11 Å². The zero-order chi connectivity index (χ0) is 6.48. The van der Waals surface area contributed by atoms with Gasteiger partial charge in [0.2, 0.25) is 0 Å². The van der Waals surface area contributed by atoms with Crippen LogP contribution in [0.3, 0.4) is 0 Å². The SMILES string of the molecule is CC1CCC2(O)CC2C1. The van der Waals surface area contributed by atoms with Crippen LogP contribution in [0, 0.1) is 11.8 Å². The summed E-state index contributed by atoms with van der Waals surface area (Å²) in [5, 5.41) is 9.57. The first-order valence-corrected chi connectivity index (χ1v) is 3.93. The van der Waals surface area contributed by atoms with E-state index in [-0.39, 0.29) is 5.60 Å². The Balaban J connectivity index is 2.01. The standard InChI is InChI=1S/C8H14O/c1-6-2-3-8(9)5-7(8)4-6/h6-7,9H,2-5H2,1H3. The van der Waals surface area contributed by atoms with Crippen molar-refractivity contribution < 1.29 is 5.11 Å². The summed E-state index contributed by atoms with van der Waals surface area (Å²) in [6, 6.07) is 0. The van der Waals surface area contributed by atoms with Crippen molar-refractivity contribution in [2.45, 2.75) is 38.2 Å². The first-order chi connectivity index (χ1) is 4.21. The minimum Gasteiger partial charge on any atom is -0.390 e. The summed E-state index contributed by atoms with van der Waals surface area (Å²) in [6.45, 7) is 2.29. The van der Waals surface area contributed by atoms with Gasteiger partial charge in [0.1, 0.15) is 0 Å². The van der Waals surface area contributed by atoms with Crippen LogP contribution >= 0.6 is 0 Å². The molecule has 0 amide bonds. The van der Waals surface area contributed by atoms with E-state index in [2.05, 4.69) is 6.92 Å². The van der Waals surface area contributed by atoms with Crippen LogP contribution in [-0.2, 0) is 0 Å². The molecule has 1 N–H and O–H groups in total. The Morgan fingerprint density at radius 1 is 1.56 bits per heavy atom. The molecule has 2 saturated carbocycles. The van der Waals surface area contributed by atoms with E-state index >= 15 is 0 Å². The van der Waals surface area contributed by atoms with Crippen molar-refractivity contribution in [1.29, 1.82) is 0 Å². The smallest absolute Gasteiger partial charge is 0.0680 e. The third-order valence-electron chi connectivity index (χ3n) is 2.96. The third-order valence-corrected chi connectivity index (χ3v) is 2.96. The fraction of sp³-hybridized carbons (Fsp3) is 1.00. The van der Waals surface area contributed by atoms with Gasteiger partial charge in [-0.1, -0.05) is 6.92 Å². The van der Waals surface area contributed by atoms with Crippen LogP contribution in [0.4, 0.5) is 0 Å². The lowest BCUT2D eigenvalue weighted by Gasteiger charge is -2.21. The Kier molecular flexibility index (Phi) is 0.963. The largest absolute Gasteiger partial charge is 0.390 e. The molecular formula is C8H14O. The lowest BCUT2D eigenvalue weighted by atomic mass is 9.89. The van der Waals surface area contributed by atoms with Gasteiger partial charge >= 0.3 is 0 Å². The second-order valence-electron chi connectivity index (χ2n) is 3.88. The summed E-state index contributed by atoms with van der Waals surface area (Å²) in [6.07, 6.45) is 4.68. The van der Waals surface area contributed by atoms with Crippen molar-refractivity contribution >= 4 is 0 Å². The van der Waals surface area contributed by atoms with Crippen LogP contribution in [0.15, 0.2) is 0 Å². The normalized spacial score (nSPS) is 56.7. The van der Waals surface area contributed by atoms with E-state index in [1.807, 2.05) is 0 Å². The van der Waals surface area contributed by atoms with Crippen LogP contribution in [0.2, 0.25) is 0 Å². The summed E-state index contributed by atoms with van der Waals surface area (Å²) in [5.41, 5.74) is -0.174. The van der Waals surface area contributed by atoms with E-state index in [9.17, 15) is 5.11 Å². The maximum Gasteiger partial charge on any atom is 0.0680 e. The van der Waals surface area contributed by atoms with Gasteiger partial charge in [-0.15, -0.1) is 0 Å². The molecule has 9 heavy (non-hydrogen) atoms. The molecule has 2 rings (SSSR count). The topological polar surface area (TPSA) is 20.2 Å². The van der Waals surface area contributed by atoms with Crippen LogP contribution in [-0.4, -0.2) is 10.7 Å². The molecule has 0 aliphatic heterocycles. The number of hydrogen-bond acceptors (Lipinski definition) is 1. The highest BCUT2D eigenvalue weighted by molar-refractivity contribution is 5.06. The van der Waals surface area contributed by atoms with Gasteiger partial charge in [0.05, 0.1) is 5.60 Å². The molecule has 2 fully saturated rings. The van der Waals surface area contributed by atoms with Gasteiger partial charge in [0, 0.05) is 0 Å². The average molecular weight is 126 g/mol. The maximum atomic E-state index is 9.57. The summed E-state index contributed by atoms with van der Waals surface area (Å²) in [4.78, 5) is 0. The number of aliphatic hydroxyl groups is 1. The summed E-state index contributed by atoms with van der Waals surface area (Å²) in [7, 11) is 0. The van der Waals surface area contributed by atoms with Crippen molar-refractivity contribution in [3.05, 3.63) is 0 Å². The predicted molar refractivity (Wildman–Crippen MR) is 36.1 cm³/mol. The van der Waals surface area contributed by atoms with E-state index in [4.69, 9.17) is 0 Å². The molecule has 2 aliphatic carbocycles. The Labute approximate surface area is 56.1 Å². The Bertz CT molecular complexity index is 133. The second kappa shape index (κ2) is 1.51. The molecule has 52 valence electrons. The van der Waals surface area contributed by atoms with Gasteiger partial charge in [-0.2, -0.15) is 0 Å². The van der Waals surface area contributed by atoms with Crippen molar-refractivity contribution in [2.24, 2.45) is 11.8 Å². The van der Waals surface area contributed by atoms with Crippen molar-refractivity contribution in [3.63, 3.8) is 0 Å². The molecule has 0 saturated heterocycles. The zero-order valence-electron chi connectivity index (χ0n) is 5.93. The molecule has 1 heteroatoms. The zero-order valence-corrected chi connectivity index (χ0v) is 5.93. The van der Waals surface area contributed by atoms with E-state index in [0.717, 1.165) is 18.8 Å². The van der Waals surface area contributed by atoms with Crippen molar-refractivity contribution in [3.8, 4) is 0 Å². The summed E-state index contributed by atoms with van der Waals surface area (Å²) >= 11 is 0. The maximum absolute atomic E-state index is 9.57. The van der Waals surface area contributed by atoms with E-state index in [0.29, 0.717) is 5.92 Å². The van der Waals surface area contributed by atoms with Crippen molar-refractivity contribution in [1.82, 2.24) is 0 Å². The Morgan fingerprint density at radius 3 is 2.89 bits per heavy atom. The first-order valence-electron chi connectivity index (χ1n) is 3.93. The quantitative estimate of drug-likeness (QED) is 0.522. The number of hydrogen-bond donors (Lipinski definition) is 1. The Morgan fingerprint density at radius 2 is 2.33 bits per heavy atom. The minimum absolute atomic E-state index is 0.174. The second-order valence-corrected chi connectivity index (χ2v) is 3.88. The highest BCUT2D eigenvalue weighted by atomic mass is 16.3. The molecule has 0 spiro atoms. The molecule has 0 aromatic rings. The van der Waals surface area contributed by atoms with E-state index < -0.39 is 0 Å². The highest BCUT2D eigenvalue weighted by Gasteiger charge is 2.54.